The maximum Gasteiger partial charge on any atom is 0.410 e. The van der Waals surface area contributed by atoms with Crippen molar-refractivity contribution in [1.29, 1.82) is 0 Å². The first-order valence-corrected chi connectivity index (χ1v) is 11.2. The summed E-state index contributed by atoms with van der Waals surface area (Å²) < 4.78 is 7.48. The SMILES string of the molecule is Cc1nc2sccn2c1C(=O)NC[C@@H]1[C@H]2CC(C)C[C@H]2CN1C(=O)OC(C)(C)C.S.S. The zero-order valence-corrected chi connectivity index (χ0v) is 21.6. The number of nitrogens with zero attached hydrogens (tertiary/aromatic N) is 3. The summed E-state index contributed by atoms with van der Waals surface area (Å²) in [7, 11) is 0. The first-order valence-electron chi connectivity index (χ1n) is 10.3. The Labute approximate surface area is 201 Å². The van der Waals surface area contributed by atoms with Gasteiger partial charge in [-0.25, -0.2) is 9.78 Å². The van der Waals surface area contributed by atoms with Gasteiger partial charge in [-0.1, -0.05) is 6.92 Å². The monoisotopic (exact) mass is 486 g/mol. The number of carbonyl (C=O) groups excluding carboxylic acids is 2. The number of hydrogen-bond donors (Lipinski definition) is 1. The standard InChI is InChI=1S/C21H30N4O3S.2H2S/c1-12-8-14-11-25(20(27)28-21(3,4)5)16(15(14)9-12)10-22-18(26)17-13(2)23-19-24(17)6-7-29-19;;/h6-7,12,14-16H,8-11H2,1-5H3,(H,22,26);2*1H2/t12?,14-,15-,16+;;/m0../s1. The van der Waals surface area contributed by atoms with Gasteiger partial charge in [0.15, 0.2) is 4.96 Å². The van der Waals surface area contributed by atoms with E-state index in [1.54, 1.807) is 0 Å². The molecule has 2 aliphatic rings. The minimum atomic E-state index is -0.533. The molecule has 2 fully saturated rings. The summed E-state index contributed by atoms with van der Waals surface area (Å²) in [5, 5.41) is 5.00. The molecule has 2 aromatic heterocycles. The second-order valence-electron chi connectivity index (χ2n) is 9.51. The van der Waals surface area contributed by atoms with E-state index in [-0.39, 0.29) is 45.0 Å². The molecule has 1 saturated heterocycles. The third-order valence-corrected chi connectivity index (χ3v) is 6.82. The van der Waals surface area contributed by atoms with E-state index in [0.717, 1.165) is 23.5 Å². The number of nitrogens with one attached hydrogen (secondary N) is 1. The molecule has 0 aromatic carbocycles. The molecule has 1 aliphatic heterocycles. The fraction of sp³-hybridized carbons (Fsp3) is 0.667. The summed E-state index contributed by atoms with van der Waals surface area (Å²) in [5.74, 6) is 1.41. The maximum absolute atomic E-state index is 13.0. The number of rotatable bonds is 3. The highest BCUT2D eigenvalue weighted by atomic mass is 32.1. The number of thiazole rings is 1. The van der Waals surface area contributed by atoms with Gasteiger partial charge in [0.1, 0.15) is 11.3 Å². The molecule has 2 amide bonds. The predicted octanol–water partition coefficient (Wildman–Crippen LogP) is 3.94. The zero-order valence-electron chi connectivity index (χ0n) is 18.8. The first-order chi connectivity index (χ1) is 13.6. The van der Waals surface area contributed by atoms with Crippen molar-refractivity contribution in [2.24, 2.45) is 17.8 Å². The summed E-state index contributed by atoms with van der Waals surface area (Å²) in [6.45, 7) is 10.9. The summed E-state index contributed by atoms with van der Waals surface area (Å²) >= 11 is 1.51. The summed E-state index contributed by atoms with van der Waals surface area (Å²) in [4.78, 5) is 32.9. The second kappa shape index (κ2) is 9.62. The van der Waals surface area contributed by atoms with E-state index in [0.29, 0.717) is 36.5 Å². The number of aromatic nitrogens is 2. The molecule has 1 aliphatic carbocycles. The fourth-order valence-electron chi connectivity index (χ4n) is 4.99. The van der Waals surface area contributed by atoms with Crippen LogP contribution in [0, 0.1) is 24.7 Å². The topological polar surface area (TPSA) is 75.9 Å². The highest BCUT2D eigenvalue weighted by molar-refractivity contribution is 7.59. The van der Waals surface area contributed by atoms with Crippen LogP contribution < -0.4 is 5.32 Å². The van der Waals surface area contributed by atoms with Crippen LogP contribution in [0.25, 0.3) is 4.96 Å². The van der Waals surface area contributed by atoms with Crippen LogP contribution in [0.2, 0.25) is 0 Å². The van der Waals surface area contributed by atoms with E-state index in [1.165, 1.54) is 11.3 Å². The average molecular weight is 487 g/mol. The predicted molar refractivity (Wildman–Crippen MR) is 133 cm³/mol. The number of carbonyl (C=O) groups is 2. The van der Waals surface area contributed by atoms with Gasteiger partial charge in [0, 0.05) is 24.7 Å². The van der Waals surface area contributed by atoms with Gasteiger partial charge in [0.2, 0.25) is 0 Å². The maximum atomic E-state index is 13.0. The van der Waals surface area contributed by atoms with Crippen molar-refractivity contribution in [3.63, 3.8) is 0 Å². The van der Waals surface area contributed by atoms with Crippen LogP contribution in [-0.2, 0) is 4.74 Å². The molecule has 4 atom stereocenters. The first kappa shape index (κ1) is 25.9. The Morgan fingerprint density at radius 2 is 2.00 bits per heavy atom. The number of amides is 2. The van der Waals surface area contributed by atoms with E-state index < -0.39 is 5.60 Å². The molecule has 10 heteroatoms. The number of fused-ring (bicyclic) bond motifs is 2. The van der Waals surface area contributed by atoms with Crippen LogP contribution in [0.4, 0.5) is 4.79 Å². The number of imidazole rings is 1. The van der Waals surface area contributed by atoms with E-state index in [4.69, 9.17) is 4.74 Å². The van der Waals surface area contributed by atoms with Crippen molar-refractivity contribution in [1.82, 2.24) is 19.6 Å². The smallest absolute Gasteiger partial charge is 0.410 e. The van der Waals surface area contributed by atoms with Crippen molar-refractivity contribution in [2.75, 3.05) is 13.1 Å². The van der Waals surface area contributed by atoms with Crippen LogP contribution in [0.15, 0.2) is 11.6 Å². The number of likely N-dealkylation sites (tertiary alicyclic amines) is 1. The number of hydrogen-bond acceptors (Lipinski definition) is 5. The molecule has 174 valence electrons. The molecule has 0 spiro atoms. The van der Waals surface area contributed by atoms with Crippen LogP contribution >= 0.6 is 38.3 Å². The third-order valence-electron chi connectivity index (χ3n) is 6.06. The zero-order chi connectivity index (χ0) is 20.9. The molecule has 7 nitrogen and oxygen atoms in total. The van der Waals surface area contributed by atoms with Crippen molar-refractivity contribution in [3.05, 3.63) is 23.0 Å². The Morgan fingerprint density at radius 1 is 1.29 bits per heavy atom. The summed E-state index contributed by atoms with van der Waals surface area (Å²) in [6, 6.07) is -0.0325. The van der Waals surface area contributed by atoms with Crippen molar-refractivity contribution in [2.45, 2.75) is 59.1 Å². The molecule has 31 heavy (non-hydrogen) atoms. The third kappa shape index (κ3) is 5.17. The highest BCUT2D eigenvalue weighted by Gasteiger charge is 2.49. The van der Waals surface area contributed by atoms with E-state index in [2.05, 4.69) is 17.2 Å². The lowest BCUT2D eigenvalue weighted by molar-refractivity contribution is 0.0196. The highest BCUT2D eigenvalue weighted by Crippen LogP contribution is 2.45. The lowest BCUT2D eigenvalue weighted by Crippen LogP contribution is -2.47. The summed E-state index contributed by atoms with van der Waals surface area (Å²) in [6.07, 6.45) is 3.81. The van der Waals surface area contributed by atoms with Gasteiger partial charge in [-0.2, -0.15) is 27.0 Å². The Hall–Kier alpha value is -1.39. The van der Waals surface area contributed by atoms with Gasteiger partial charge < -0.3 is 15.0 Å². The Kier molecular flexibility index (Phi) is 8.03. The molecule has 4 rings (SSSR count). The molecule has 0 radical (unpaired) electrons. The van der Waals surface area contributed by atoms with Crippen LogP contribution in [0.1, 0.15) is 56.7 Å². The Balaban J connectivity index is 0.00000171. The van der Waals surface area contributed by atoms with Gasteiger partial charge in [-0.15, -0.1) is 11.3 Å². The largest absolute Gasteiger partial charge is 0.444 e. The van der Waals surface area contributed by atoms with Crippen LogP contribution in [-0.4, -0.2) is 51.0 Å². The minimum Gasteiger partial charge on any atom is -0.444 e. The molecule has 0 bridgehead atoms. The van der Waals surface area contributed by atoms with Crippen molar-refractivity contribution in [3.8, 4) is 0 Å². The van der Waals surface area contributed by atoms with Crippen LogP contribution in [0.5, 0.6) is 0 Å². The van der Waals surface area contributed by atoms with Gasteiger partial charge >= 0.3 is 6.09 Å². The van der Waals surface area contributed by atoms with Gasteiger partial charge in [0.25, 0.3) is 5.91 Å². The van der Waals surface area contributed by atoms with E-state index in [9.17, 15) is 9.59 Å². The molecule has 1 saturated carbocycles. The molecule has 2 aromatic rings. The second-order valence-corrected chi connectivity index (χ2v) is 10.4. The van der Waals surface area contributed by atoms with E-state index in [1.807, 2.05) is 48.6 Å². The number of aryl methyl sites for hydroxylation is 1. The normalized spacial score (nSPS) is 25.0. The van der Waals surface area contributed by atoms with Gasteiger partial charge in [0.05, 0.1) is 11.7 Å². The van der Waals surface area contributed by atoms with Crippen molar-refractivity contribution >= 4 is 55.3 Å². The molecule has 1 N–H and O–H groups in total. The molecule has 3 heterocycles. The minimum absolute atomic E-state index is 0. The number of ether oxygens (including phenoxy) is 1. The quantitative estimate of drug-likeness (QED) is 0.713. The average Bonchev–Trinajstić information content (AvgIpc) is 3.31. The lowest BCUT2D eigenvalue weighted by atomic mass is 9.94. The lowest BCUT2D eigenvalue weighted by Gasteiger charge is -2.31. The van der Waals surface area contributed by atoms with E-state index >= 15 is 0 Å². The van der Waals surface area contributed by atoms with Gasteiger partial charge in [-0.3, -0.25) is 9.20 Å². The van der Waals surface area contributed by atoms with Crippen molar-refractivity contribution < 1.29 is 14.3 Å². The molecule has 1 unspecified atom stereocenters. The molecular formula is C21H34N4O3S3. The summed E-state index contributed by atoms with van der Waals surface area (Å²) in [5.41, 5.74) is 0.756. The Morgan fingerprint density at radius 3 is 2.68 bits per heavy atom. The van der Waals surface area contributed by atoms with Crippen LogP contribution in [0.3, 0.4) is 0 Å². The Bertz CT molecular complexity index is 936. The molecular weight excluding hydrogens is 452 g/mol. The van der Waals surface area contributed by atoms with Gasteiger partial charge in [-0.05, 0) is 58.3 Å². The fourth-order valence-corrected chi connectivity index (χ4v) is 5.75.